The molecule has 4 heteroatoms. The molecule has 0 unspecified atom stereocenters. The van der Waals surface area contributed by atoms with Crippen LogP contribution in [0.2, 0.25) is 0 Å². The molecule has 2 aliphatic rings. The van der Waals surface area contributed by atoms with E-state index in [9.17, 15) is 0 Å². The summed E-state index contributed by atoms with van der Waals surface area (Å²) in [6.07, 6.45) is 0. The predicted molar refractivity (Wildman–Crippen MR) is 334 cm³/mol. The zero-order chi connectivity index (χ0) is 52.9. The highest BCUT2D eigenvalue weighted by Crippen LogP contribution is 2.54. The third kappa shape index (κ3) is 7.64. The molecule has 78 heavy (non-hydrogen) atoms. The molecule has 3 heterocycles. The first-order valence-corrected chi connectivity index (χ1v) is 27.5. The van der Waals surface area contributed by atoms with Gasteiger partial charge < -0.3 is 14.4 Å². The van der Waals surface area contributed by atoms with Gasteiger partial charge in [-0.3, -0.25) is 0 Å². The van der Waals surface area contributed by atoms with Gasteiger partial charge in [0.15, 0.2) is 0 Å². The molecule has 0 spiro atoms. The van der Waals surface area contributed by atoms with E-state index in [1.54, 1.807) is 0 Å². The van der Waals surface area contributed by atoms with Crippen LogP contribution in [0.4, 0.5) is 34.1 Å². The largest absolute Gasteiger partial charge is 0.310 e. The first kappa shape index (κ1) is 47.3. The molecule has 2 aliphatic heterocycles. The molecule has 0 amide bonds. The van der Waals surface area contributed by atoms with E-state index in [2.05, 4.69) is 311 Å². The Bertz CT molecular complexity index is 3890. The van der Waals surface area contributed by atoms with Gasteiger partial charge in [0.1, 0.15) is 0 Å². The summed E-state index contributed by atoms with van der Waals surface area (Å²) in [5, 5.41) is 2.46. The van der Waals surface area contributed by atoms with Crippen molar-refractivity contribution in [2.24, 2.45) is 0 Å². The lowest BCUT2D eigenvalue weighted by molar-refractivity contribution is 0.590. The molecular formula is C74H60BN3. The Balaban J connectivity index is 1.21. The summed E-state index contributed by atoms with van der Waals surface area (Å²) >= 11 is 0. The van der Waals surface area contributed by atoms with E-state index in [1.165, 1.54) is 105 Å². The second-order valence-corrected chi connectivity index (χ2v) is 23.3. The number of hydrogen-bond donors (Lipinski definition) is 0. The average molecular weight is 1000 g/mol. The predicted octanol–water partition coefficient (Wildman–Crippen LogP) is 18.1. The van der Waals surface area contributed by atoms with Crippen LogP contribution in [0.1, 0.15) is 52.7 Å². The fourth-order valence-corrected chi connectivity index (χ4v) is 12.7. The summed E-state index contributed by atoms with van der Waals surface area (Å²) in [5.74, 6) is 0. The van der Waals surface area contributed by atoms with Gasteiger partial charge in [-0.1, -0.05) is 260 Å². The number of para-hydroxylation sites is 4. The second kappa shape index (κ2) is 18.3. The minimum Gasteiger partial charge on any atom is -0.310 e. The van der Waals surface area contributed by atoms with Crippen LogP contribution in [0, 0.1) is 0 Å². The van der Waals surface area contributed by atoms with Crippen LogP contribution >= 0.6 is 0 Å². The summed E-state index contributed by atoms with van der Waals surface area (Å²) < 4.78 is 2.52. The molecule has 0 radical (unpaired) electrons. The van der Waals surface area contributed by atoms with Crippen molar-refractivity contribution in [2.75, 3.05) is 9.80 Å². The van der Waals surface area contributed by atoms with E-state index >= 15 is 0 Å². The topological polar surface area (TPSA) is 11.4 Å². The van der Waals surface area contributed by atoms with Crippen molar-refractivity contribution in [3.8, 4) is 50.2 Å². The Kier molecular flexibility index (Phi) is 11.1. The van der Waals surface area contributed by atoms with Gasteiger partial charge in [0, 0.05) is 55.8 Å². The van der Waals surface area contributed by atoms with E-state index in [0.29, 0.717) is 0 Å². The number of anilines is 6. The maximum atomic E-state index is 2.66. The van der Waals surface area contributed by atoms with E-state index in [1.807, 2.05) is 0 Å². The van der Waals surface area contributed by atoms with E-state index < -0.39 is 0 Å². The van der Waals surface area contributed by atoms with E-state index in [0.717, 1.165) is 28.4 Å². The van der Waals surface area contributed by atoms with Gasteiger partial charge in [0.05, 0.1) is 28.1 Å². The number of rotatable bonds is 7. The zero-order valence-electron chi connectivity index (χ0n) is 45.2. The van der Waals surface area contributed by atoms with Crippen molar-refractivity contribution in [1.29, 1.82) is 0 Å². The van der Waals surface area contributed by atoms with Gasteiger partial charge in [0.25, 0.3) is 6.71 Å². The standard InChI is InChI=1S/C74H60BN3/c1-73(2,3)53-41-43-66-62(45-53)75-63-46-54(74(4,5)6)42-44-67(63)78(72-58(51-29-15-9-16-30-51)37-24-38-59(72)52-31-17-10-18-32-52)69-48-55(76-64-39-21-19-33-60(64)61-34-20-22-40-65(61)76)47-68(70(69)75)77(66)71-56(49-25-11-7-12-26-49)35-23-36-57(71)50-27-13-8-14-28-50/h7-48H,1-6H3. The van der Waals surface area contributed by atoms with E-state index in [4.69, 9.17) is 0 Å². The van der Waals surface area contributed by atoms with Crippen molar-refractivity contribution in [2.45, 2.75) is 52.4 Å². The van der Waals surface area contributed by atoms with Crippen molar-refractivity contribution in [3.63, 3.8) is 0 Å². The Morgan fingerprint density at radius 3 is 0.987 bits per heavy atom. The SMILES string of the molecule is CC(C)(C)c1ccc2c(c1)B1c3cc(C(C)(C)C)ccc3N(c3c(-c4ccccc4)cccc3-c3ccccc3)c3cc(-n4c5ccccc5c5ccccc54)cc(c31)N2c1c(-c2ccccc2)cccc1-c1ccccc1. The fraction of sp³-hybridized carbons (Fsp3) is 0.108. The maximum absolute atomic E-state index is 2.66. The third-order valence-electron chi connectivity index (χ3n) is 16.5. The average Bonchev–Trinajstić information content (AvgIpc) is 3.41. The highest BCUT2D eigenvalue weighted by atomic mass is 15.2. The van der Waals surface area contributed by atoms with Crippen LogP contribution in [-0.2, 0) is 10.8 Å². The van der Waals surface area contributed by atoms with Crippen molar-refractivity contribution in [3.05, 3.63) is 266 Å². The van der Waals surface area contributed by atoms with Gasteiger partial charge in [-0.15, -0.1) is 0 Å². The maximum Gasteiger partial charge on any atom is 0.252 e. The monoisotopic (exact) mass is 1000 g/mol. The molecule has 14 rings (SSSR count). The Labute approximate surface area is 459 Å². The second-order valence-electron chi connectivity index (χ2n) is 23.3. The molecule has 0 saturated carbocycles. The van der Waals surface area contributed by atoms with Crippen LogP contribution in [0.25, 0.3) is 72.0 Å². The Morgan fingerprint density at radius 1 is 0.308 bits per heavy atom. The first-order chi connectivity index (χ1) is 38.0. The van der Waals surface area contributed by atoms with Crippen molar-refractivity contribution < 1.29 is 0 Å². The summed E-state index contributed by atoms with van der Waals surface area (Å²) in [6, 6.07) is 95.5. The number of fused-ring (bicyclic) bond motifs is 7. The lowest BCUT2D eigenvalue weighted by Crippen LogP contribution is -2.62. The molecule has 0 bridgehead atoms. The summed E-state index contributed by atoms with van der Waals surface area (Å²) in [6.45, 7) is 14.0. The van der Waals surface area contributed by atoms with Gasteiger partial charge >= 0.3 is 0 Å². The molecule has 0 atom stereocenters. The number of aromatic nitrogens is 1. The van der Waals surface area contributed by atoms with Crippen LogP contribution in [0.5, 0.6) is 0 Å². The summed E-state index contributed by atoms with van der Waals surface area (Å²) in [7, 11) is 0. The molecule has 0 aliphatic carbocycles. The Morgan fingerprint density at radius 2 is 0.641 bits per heavy atom. The molecule has 0 saturated heterocycles. The highest BCUT2D eigenvalue weighted by molar-refractivity contribution is 7.00. The lowest BCUT2D eigenvalue weighted by atomic mass is 9.33. The van der Waals surface area contributed by atoms with Gasteiger partial charge in [0.2, 0.25) is 0 Å². The van der Waals surface area contributed by atoms with Gasteiger partial charge in [-0.05, 0) is 97.0 Å². The fourth-order valence-electron chi connectivity index (χ4n) is 12.7. The molecule has 12 aromatic rings. The summed E-state index contributed by atoms with van der Waals surface area (Å²) in [5.41, 5.74) is 26.0. The quantitative estimate of drug-likeness (QED) is 0.147. The van der Waals surface area contributed by atoms with Crippen LogP contribution in [-0.4, -0.2) is 11.3 Å². The number of nitrogens with zero attached hydrogens (tertiary/aromatic N) is 3. The number of hydrogen-bond acceptors (Lipinski definition) is 2. The molecule has 0 N–H and O–H groups in total. The molecule has 374 valence electrons. The summed E-state index contributed by atoms with van der Waals surface area (Å²) in [4.78, 5) is 5.33. The first-order valence-electron chi connectivity index (χ1n) is 27.5. The van der Waals surface area contributed by atoms with Crippen molar-refractivity contribution >= 4 is 79.0 Å². The van der Waals surface area contributed by atoms with Crippen LogP contribution in [0.15, 0.2) is 255 Å². The molecule has 0 fully saturated rings. The Hall–Kier alpha value is -9.12. The molecule has 1 aromatic heterocycles. The minimum atomic E-state index is -0.127. The molecule has 11 aromatic carbocycles. The van der Waals surface area contributed by atoms with Crippen LogP contribution in [0.3, 0.4) is 0 Å². The molecule has 3 nitrogen and oxygen atoms in total. The number of benzene rings is 11. The van der Waals surface area contributed by atoms with Gasteiger partial charge in [-0.2, -0.15) is 0 Å². The van der Waals surface area contributed by atoms with Gasteiger partial charge in [-0.25, -0.2) is 0 Å². The smallest absolute Gasteiger partial charge is 0.252 e. The zero-order valence-corrected chi connectivity index (χ0v) is 45.2. The lowest BCUT2D eigenvalue weighted by Gasteiger charge is -2.46. The van der Waals surface area contributed by atoms with Crippen molar-refractivity contribution in [1.82, 2.24) is 4.57 Å². The third-order valence-corrected chi connectivity index (χ3v) is 16.5. The normalized spacial score (nSPS) is 12.9. The minimum absolute atomic E-state index is 0.115. The molecular weight excluding hydrogens is 942 g/mol. The highest BCUT2D eigenvalue weighted by Gasteiger charge is 2.46. The van der Waals surface area contributed by atoms with E-state index in [-0.39, 0.29) is 17.5 Å². The van der Waals surface area contributed by atoms with Crippen LogP contribution < -0.4 is 26.2 Å².